The molecule has 2 aromatic rings. The van der Waals surface area contributed by atoms with Crippen molar-refractivity contribution in [1.82, 2.24) is 9.21 Å². The highest BCUT2D eigenvalue weighted by Crippen LogP contribution is 2.35. The molecule has 2 fully saturated rings. The number of aliphatic carboxylic acids is 2. The fraction of sp³-hybridized carbons (Fsp3) is 0.417. The van der Waals surface area contributed by atoms with Crippen LogP contribution >= 0.6 is 11.6 Å². The van der Waals surface area contributed by atoms with Crippen LogP contribution in [-0.2, 0) is 19.6 Å². The molecule has 2 aliphatic rings. The van der Waals surface area contributed by atoms with Crippen LogP contribution in [0.1, 0.15) is 37.2 Å². The molecule has 4 rings (SSSR count). The van der Waals surface area contributed by atoms with Crippen molar-refractivity contribution in [2.24, 2.45) is 0 Å². The largest absolute Gasteiger partial charge is 0.473 e. The van der Waals surface area contributed by atoms with E-state index >= 15 is 0 Å². The van der Waals surface area contributed by atoms with Crippen LogP contribution in [0.2, 0.25) is 5.02 Å². The Hall–Kier alpha value is -2.46. The Labute approximate surface area is 204 Å². The molecule has 1 saturated carbocycles. The summed E-state index contributed by atoms with van der Waals surface area (Å²) in [4.78, 5) is 21.0. The van der Waals surface area contributed by atoms with E-state index in [9.17, 15) is 8.42 Å². The zero-order chi connectivity index (χ0) is 24.7. The molecule has 0 atom stereocenters. The van der Waals surface area contributed by atoms with Crippen molar-refractivity contribution in [2.45, 2.75) is 42.5 Å². The molecule has 0 bridgehead atoms. The Morgan fingerprint density at radius 3 is 1.82 bits per heavy atom. The zero-order valence-corrected chi connectivity index (χ0v) is 20.3. The Balaban J connectivity index is 0.000000481. The molecular formula is C24H29ClN2O6S. The van der Waals surface area contributed by atoms with Gasteiger partial charge in [-0.1, -0.05) is 41.9 Å². The normalized spacial score (nSPS) is 21.8. The average molecular weight is 509 g/mol. The molecule has 0 unspecified atom stereocenters. The predicted molar refractivity (Wildman–Crippen MR) is 128 cm³/mol. The third kappa shape index (κ3) is 6.79. The van der Waals surface area contributed by atoms with Gasteiger partial charge in [0.1, 0.15) is 0 Å². The third-order valence-corrected chi connectivity index (χ3v) is 8.56. The van der Waals surface area contributed by atoms with Crippen molar-refractivity contribution in [1.29, 1.82) is 0 Å². The van der Waals surface area contributed by atoms with Gasteiger partial charge in [0.15, 0.2) is 0 Å². The number of sulfonamides is 1. The maximum absolute atomic E-state index is 12.8. The molecule has 0 spiro atoms. The van der Waals surface area contributed by atoms with Gasteiger partial charge in [-0.2, -0.15) is 4.31 Å². The lowest BCUT2D eigenvalue weighted by Crippen LogP contribution is -2.52. The smallest absolute Gasteiger partial charge is 0.414 e. The molecule has 1 aliphatic carbocycles. The van der Waals surface area contributed by atoms with E-state index in [0.717, 1.165) is 13.1 Å². The topological polar surface area (TPSA) is 115 Å². The van der Waals surface area contributed by atoms with Crippen molar-refractivity contribution < 1.29 is 28.2 Å². The summed E-state index contributed by atoms with van der Waals surface area (Å²) < 4.78 is 27.3. The monoisotopic (exact) mass is 508 g/mol. The summed E-state index contributed by atoms with van der Waals surface area (Å²) in [5, 5.41) is 15.3. The van der Waals surface area contributed by atoms with E-state index in [-0.39, 0.29) is 0 Å². The van der Waals surface area contributed by atoms with E-state index < -0.39 is 22.0 Å². The molecule has 2 aromatic carbocycles. The van der Waals surface area contributed by atoms with Crippen LogP contribution in [0.4, 0.5) is 0 Å². The summed E-state index contributed by atoms with van der Waals surface area (Å²) in [6, 6.07) is 17.9. The van der Waals surface area contributed by atoms with Crippen LogP contribution in [0.3, 0.4) is 0 Å². The fourth-order valence-electron chi connectivity index (χ4n) is 4.56. The van der Waals surface area contributed by atoms with Crippen LogP contribution in [0, 0.1) is 0 Å². The standard InChI is InChI=1S/C22H27ClN2O2S.C2H2O4/c23-20-8-12-22(13-9-20)28(26,27)25-16-14-24(15-17-25)21-10-6-19(7-11-21)18-4-2-1-3-5-18;3-1(4)2(5)6/h1-5,8-9,12-13,19,21H,6-7,10-11,14-17H2;(H,3,4)(H,5,6). The zero-order valence-electron chi connectivity index (χ0n) is 18.7. The van der Waals surface area contributed by atoms with Gasteiger partial charge < -0.3 is 10.2 Å². The van der Waals surface area contributed by atoms with E-state index in [0.29, 0.717) is 35.0 Å². The fourth-order valence-corrected chi connectivity index (χ4v) is 6.11. The van der Waals surface area contributed by atoms with Gasteiger partial charge in [0, 0.05) is 37.2 Å². The number of carboxylic acid groups (broad SMARTS) is 2. The first-order chi connectivity index (χ1) is 16.2. The molecule has 0 amide bonds. The minimum atomic E-state index is -3.43. The number of rotatable bonds is 4. The number of benzene rings is 2. The maximum atomic E-state index is 12.8. The molecule has 8 nitrogen and oxygen atoms in total. The minimum Gasteiger partial charge on any atom is -0.473 e. The van der Waals surface area contributed by atoms with Crippen molar-refractivity contribution in [3.8, 4) is 0 Å². The quantitative estimate of drug-likeness (QED) is 0.607. The van der Waals surface area contributed by atoms with Crippen LogP contribution in [-0.4, -0.2) is 72.0 Å². The van der Waals surface area contributed by atoms with Crippen molar-refractivity contribution in [3.05, 3.63) is 65.2 Å². The minimum absolute atomic E-state index is 0.328. The first kappa shape index (κ1) is 26.2. The summed E-state index contributed by atoms with van der Waals surface area (Å²) in [5.41, 5.74) is 1.46. The number of hydrogen-bond donors (Lipinski definition) is 2. The van der Waals surface area contributed by atoms with Crippen molar-refractivity contribution in [2.75, 3.05) is 26.2 Å². The van der Waals surface area contributed by atoms with E-state index in [4.69, 9.17) is 31.4 Å². The molecule has 2 N–H and O–H groups in total. The number of hydrogen-bond acceptors (Lipinski definition) is 5. The Morgan fingerprint density at radius 2 is 1.32 bits per heavy atom. The Morgan fingerprint density at radius 1 is 0.794 bits per heavy atom. The van der Waals surface area contributed by atoms with E-state index in [1.165, 1.54) is 31.2 Å². The van der Waals surface area contributed by atoms with Crippen molar-refractivity contribution in [3.63, 3.8) is 0 Å². The van der Waals surface area contributed by atoms with E-state index in [1.807, 2.05) is 0 Å². The lowest BCUT2D eigenvalue weighted by Gasteiger charge is -2.41. The molecule has 0 radical (unpaired) electrons. The van der Waals surface area contributed by atoms with Crippen molar-refractivity contribution >= 4 is 33.6 Å². The summed E-state index contributed by atoms with van der Waals surface area (Å²) in [7, 11) is -3.43. The average Bonchev–Trinajstić information content (AvgIpc) is 2.85. The number of carboxylic acids is 2. The lowest BCUT2D eigenvalue weighted by atomic mass is 9.81. The van der Waals surface area contributed by atoms with E-state index in [2.05, 4.69) is 35.2 Å². The second-order valence-electron chi connectivity index (χ2n) is 8.42. The highest BCUT2D eigenvalue weighted by Gasteiger charge is 2.32. The van der Waals surface area contributed by atoms with Crippen LogP contribution in [0.5, 0.6) is 0 Å². The van der Waals surface area contributed by atoms with Gasteiger partial charge in [-0.3, -0.25) is 4.90 Å². The van der Waals surface area contributed by atoms with Gasteiger partial charge in [0.25, 0.3) is 0 Å². The molecular weight excluding hydrogens is 480 g/mol. The number of carbonyl (C=O) groups is 2. The molecule has 1 saturated heterocycles. The lowest BCUT2D eigenvalue weighted by molar-refractivity contribution is -0.159. The molecule has 1 heterocycles. The van der Waals surface area contributed by atoms with Gasteiger partial charge in [-0.25, -0.2) is 18.0 Å². The molecule has 34 heavy (non-hydrogen) atoms. The second kappa shape index (κ2) is 11.8. The van der Waals surface area contributed by atoms with Gasteiger partial charge in [0.2, 0.25) is 10.0 Å². The molecule has 184 valence electrons. The third-order valence-electron chi connectivity index (χ3n) is 6.39. The van der Waals surface area contributed by atoms with Crippen LogP contribution in [0.25, 0.3) is 0 Å². The number of piperazine rings is 1. The SMILES string of the molecule is O=C(O)C(=O)O.O=S(=O)(c1ccc(Cl)cc1)N1CCN(C2CCC(c3ccccc3)CC2)CC1. The van der Waals surface area contributed by atoms with Gasteiger partial charge >= 0.3 is 11.9 Å². The van der Waals surface area contributed by atoms with Gasteiger partial charge in [0.05, 0.1) is 4.90 Å². The number of nitrogens with zero attached hydrogens (tertiary/aromatic N) is 2. The van der Waals surface area contributed by atoms with Crippen LogP contribution in [0.15, 0.2) is 59.5 Å². The molecule has 0 aromatic heterocycles. The van der Waals surface area contributed by atoms with E-state index in [1.54, 1.807) is 28.6 Å². The predicted octanol–water partition coefficient (Wildman–Crippen LogP) is 3.53. The van der Waals surface area contributed by atoms with Crippen LogP contribution < -0.4 is 0 Å². The molecule has 10 heteroatoms. The first-order valence-electron chi connectivity index (χ1n) is 11.2. The van der Waals surface area contributed by atoms with Gasteiger partial charge in [-0.15, -0.1) is 0 Å². The summed E-state index contributed by atoms with van der Waals surface area (Å²) in [6.45, 7) is 2.74. The second-order valence-corrected chi connectivity index (χ2v) is 10.8. The summed E-state index contributed by atoms with van der Waals surface area (Å²) in [6.07, 6.45) is 4.84. The highest BCUT2D eigenvalue weighted by atomic mass is 35.5. The highest BCUT2D eigenvalue weighted by molar-refractivity contribution is 7.89. The van der Waals surface area contributed by atoms with Gasteiger partial charge in [-0.05, 0) is 61.4 Å². The first-order valence-corrected chi connectivity index (χ1v) is 13.0. The Bertz CT molecular complexity index is 1050. The Kier molecular flexibility index (Phi) is 9.07. The number of halogens is 1. The summed E-state index contributed by atoms with van der Waals surface area (Å²) in [5.74, 6) is -2.98. The summed E-state index contributed by atoms with van der Waals surface area (Å²) >= 11 is 5.89. The maximum Gasteiger partial charge on any atom is 0.414 e. The molecule has 1 aliphatic heterocycles.